The molecule has 3 saturated heterocycles. The molecule has 4 aliphatic heterocycles. The molecule has 3 fully saturated rings. The molecule has 4 aliphatic rings. The zero-order valence-corrected chi connectivity index (χ0v) is 47.6. The maximum absolute atomic E-state index is 14.5. The Labute approximate surface area is 461 Å². The monoisotopic (exact) mass is 1090 g/mol. The van der Waals surface area contributed by atoms with Crippen LogP contribution in [0, 0.1) is 47.3 Å². The maximum Gasteiger partial charge on any atom is 0.325 e. The highest BCUT2D eigenvalue weighted by molar-refractivity contribution is 5.93. The number of rotatable bonds is 15. The zero-order chi connectivity index (χ0) is 57.6. The Morgan fingerprint density at radius 2 is 1.68 bits per heavy atom. The SMILES string of the molecule is CC[C@H]1C[C@H](C)[C@@]2(NC1=O)O[C@@H](C[C@H](O)[C@@H](C)CCC=CC=C(C)[C@@H]1CC=CC=C[C@H](O)[C@H](C)[C@@H](O)[C@@H](CCC(C)=O)C(=O)N[C@@H](C(C)C)C(=O)N[C@@H](Cc3cccc(O)c3)C(=O)N3CCCC(N3)C(=O)O1)[C@H](C)[C@H](O)[C@@H]2C. The van der Waals surface area contributed by atoms with Crippen LogP contribution in [0.3, 0.4) is 0 Å². The number of aliphatic hydroxyl groups excluding tert-OH is 4. The molecule has 0 saturated carbocycles. The molecule has 1 spiro atoms. The van der Waals surface area contributed by atoms with Crippen LogP contribution in [0.25, 0.3) is 0 Å². The number of nitrogens with zero attached hydrogens (tertiary/aromatic N) is 1. The first-order valence-electron chi connectivity index (χ1n) is 28.4. The van der Waals surface area contributed by atoms with Crippen LogP contribution in [-0.2, 0) is 44.7 Å². The van der Waals surface area contributed by atoms with Gasteiger partial charge in [0.2, 0.25) is 17.7 Å². The summed E-state index contributed by atoms with van der Waals surface area (Å²) in [5.41, 5.74) is 3.27. The number of carbonyl (C=O) groups excluding carboxylic acids is 6. The molecule has 4 amide bonds. The number of carbonyl (C=O) groups is 6. The number of ether oxygens (including phenoxy) is 2. The fourth-order valence-electron chi connectivity index (χ4n) is 11.3. The predicted molar refractivity (Wildman–Crippen MR) is 295 cm³/mol. The first-order valence-corrected chi connectivity index (χ1v) is 28.4. The van der Waals surface area contributed by atoms with Crippen LogP contribution >= 0.6 is 0 Å². The van der Waals surface area contributed by atoms with E-state index in [9.17, 15) is 54.3 Å². The van der Waals surface area contributed by atoms with Gasteiger partial charge in [0.1, 0.15) is 41.5 Å². The first-order chi connectivity index (χ1) is 36.9. The molecule has 0 radical (unpaired) electrons. The quantitative estimate of drug-likeness (QED) is 0.0786. The minimum Gasteiger partial charge on any atom is -0.508 e. The number of hydrogen-bond donors (Lipinski definition) is 9. The number of aliphatic hydroxyl groups is 4. The molecule has 2 bridgehead atoms. The molecule has 1 aromatic carbocycles. The molecular weight excluding hydrogens is 999 g/mol. The first kappa shape index (κ1) is 63.6. The number of aromatic hydroxyl groups is 1. The highest BCUT2D eigenvalue weighted by Gasteiger charge is 2.57. The number of benzene rings is 1. The molecular formula is C60H91N5O13. The number of esters is 1. The summed E-state index contributed by atoms with van der Waals surface area (Å²) in [5, 5.41) is 66.1. The van der Waals surface area contributed by atoms with Crippen molar-refractivity contribution < 1.29 is 63.8 Å². The van der Waals surface area contributed by atoms with Crippen molar-refractivity contribution in [3.63, 3.8) is 0 Å². The average molecular weight is 1090 g/mol. The lowest BCUT2D eigenvalue weighted by atomic mass is 9.69. The number of fused-ring (bicyclic) bond motifs is 2. The van der Waals surface area contributed by atoms with Gasteiger partial charge in [-0.2, -0.15) is 0 Å². The number of ketones is 1. The van der Waals surface area contributed by atoms with Gasteiger partial charge >= 0.3 is 5.97 Å². The maximum atomic E-state index is 14.5. The minimum absolute atomic E-state index is 0.0254. The van der Waals surface area contributed by atoms with E-state index in [-0.39, 0.29) is 79.3 Å². The molecule has 1 aromatic rings. The van der Waals surface area contributed by atoms with E-state index >= 15 is 0 Å². The van der Waals surface area contributed by atoms with Gasteiger partial charge in [-0.25, -0.2) is 5.43 Å². The third kappa shape index (κ3) is 16.7. The number of piperidine rings is 1. The normalized spacial score (nSPS) is 34.1. The van der Waals surface area contributed by atoms with Crippen LogP contribution < -0.4 is 21.4 Å². The number of Topliss-reactive ketones (excluding diaryl/α,β-unsaturated/α-hetero) is 1. The number of nitrogens with one attached hydrogen (secondary N) is 4. The third-order valence-electron chi connectivity index (χ3n) is 16.9. The summed E-state index contributed by atoms with van der Waals surface area (Å²) in [7, 11) is 0. The van der Waals surface area contributed by atoms with Crippen molar-refractivity contribution in [1.29, 1.82) is 0 Å². The van der Waals surface area contributed by atoms with E-state index in [4.69, 9.17) is 9.47 Å². The third-order valence-corrected chi connectivity index (χ3v) is 16.9. The Bertz CT molecular complexity index is 2340. The van der Waals surface area contributed by atoms with Crippen LogP contribution in [-0.4, -0.2) is 133 Å². The predicted octanol–water partition coefficient (Wildman–Crippen LogP) is 5.41. The number of hydrazine groups is 1. The lowest BCUT2D eigenvalue weighted by Gasteiger charge is -2.56. The smallest absolute Gasteiger partial charge is 0.325 e. The number of cyclic esters (lactones) is 1. The molecule has 18 nitrogen and oxygen atoms in total. The summed E-state index contributed by atoms with van der Waals surface area (Å²) >= 11 is 0. The van der Waals surface area contributed by atoms with Crippen LogP contribution in [0.4, 0.5) is 0 Å². The fourth-order valence-corrected chi connectivity index (χ4v) is 11.3. The second-order valence-corrected chi connectivity index (χ2v) is 23.2. The Balaban J connectivity index is 1.35. The highest BCUT2D eigenvalue weighted by Crippen LogP contribution is 2.46. The molecule has 9 N–H and O–H groups in total. The van der Waals surface area contributed by atoms with Gasteiger partial charge in [0.15, 0.2) is 0 Å². The highest BCUT2D eigenvalue weighted by atomic mass is 16.5. The molecule has 78 heavy (non-hydrogen) atoms. The Morgan fingerprint density at radius 3 is 2.36 bits per heavy atom. The van der Waals surface area contributed by atoms with Crippen LogP contribution in [0.5, 0.6) is 5.75 Å². The Morgan fingerprint density at radius 1 is 0.949 bits per heavy atom. The van der Waals surface area contributed by atoms with E-state index in [0.29, 0.717) is 49.7 Å². The molecule has 0 aromatic heterocycles. The van der Waals surface area contributed by atoms with E-state index in [0.717, 1.165) is 6.42 Å². The lowest BCUT2D eigenvalue weighted by Crippen LogP contribution is -2.71. The summed E-state index contributed by atoms with van der Waals surface area (Å²) in [6.07, 6.45) is 10.6. The van der Waals surface area contributed by atoms with Gasteiger partial charge in [-0.05, 0) is 93.9 Å². The summed E-state index contributed by atoms with van der Waals surface area (Å²) < 4.78 is 12.9. The van der Waals surface area contributed by atoms with Gasteiger partial charge in [0.05, 0.1) is 36.4 Å². The lowest BCUT2D eigenvalue weighted by molar-refractivity contribution is -0.267. The van der Waals surface area contributed by atoms with Crippen LogP contribution in [0.1, 0.15) is 139 Å². The van der Waals surface area contributed by atoms with Gasteiger partial charge in [-0.15, -0.1) is 0 Å². The zero-order valence-electron chi connectivity index (χ0n) is 47.6. The largest absolute Gasteiger partial charge is 0.508 e. The van der Waals surface area contributed by atoms with E-state index in [1.54, 1.807) is 51.1 Å². The summed E-state index contributed by atoms with van der Waals surface area (Å²) in [4.78, 5) is 82.2. The van der Waals surface area contributed by atoms with E-state index < -0.39 is 102 Å². The van der Waals surface area contributed by atoms with Gasteiger partial charge < -0.3 is 55.8 Å². The standard InChI is InChI=1S/C60H91N5O13/c1-11-43-30-37(6)60(63-55(43)72)41(10)53(70)40(9)51(78-60)33-49(69)35(4)20-14-12-15-21-36(5)50-26-17-13-16-25-48(68)39(8)54(71)45(28-27-38(7)66)56(73)62-52(34(2)3)57(74)61-47(32-42-22-18-23-44(67)31-42)58(75)65-29-19-24-46(64-65)59(76)77-50/h12-13,15-18,21-23,25,31,34-35,37,39-41,43,45-54,64,67-71H,11,14,19-20,24,26-30,32-33H2,1-10H3,(H,61,74)(H,62,73)(H,63,72)/t35-,37-,39-,40-,41-,43-,45+,46?,47-,48-,49-,50-,51-,52-,53-,54+,60+/m0/s1. The van der Waals surface area contributed by atoms with Gasteiger partial charge in [-0.1, -0.05) is 110 Å². The molecule has 5 rings (SSSR count). The average Bonchev–Trinajstić information content (AvgIpc) is 3.51. The number of hydrogen-bond acceptors (Lipinski definition) is 14. The van der Waals surface area contributed by atoms with Crippen molar-refractivity contribution in [2.45, 2.75) is 200 Å². The molecule has 1 unspecified atom stereocenters. The number of phenols is 1. The van der Waals surface area contributed by atoms with Crippen LogP contribution in [0.2, 0.25) is 0 Å². The number of allylic oxidation sites excluding steroid dienone is 5. The van der Waals surface area contributed by atoms with Crippen molar-refractivity contribution >= 4 is 35.4 Å². The second kappa shape index (κ2) is 29.3. The van der Waals surface area contributed by atoms with Crippen molar-refractivity contribution in [2.75, 3.05) is 6.54 Å². The van der Waals surface area contributed by atoms with Crippen molar-refractivity contribution in [1.82, 2.24) is 26.4 Å². The summed E-state index contributed by atoms with van der Waals surface area (Å²) in [5.74, 6) is -6.33. The van der Waals surface area contributed by atoms with E-state index in [2.05, 4.69) is 28.3 Å². The summed E-state index contributed by atoms with van der Waals surface area (Å²) in [6.45, 7) is 18.3. The van der Waals surface area contributed by atoms with Crippen LogP contribution in [0.15, 0.2) is 72.4 Å². The second-order valence-electron chi connectivity index (χ2n) is 23.2. The Kier molecular flexibility index (Phi) is 23.9. The number of phenolic OH excluding ortho intramolecular Hbond substituents is 1. The van der Waals surface area contributed by atoms with Crippen molar-refractivity contribution in [3.8, 4) is 5.75 Å². The van der Waals surface area contributed by atoms with E-state index in [1.165, 1.54) is 30.1 Å². The molecule has 0 aliphatic carbocycles. The van der Waals surface area contributed by atoms with Crippen molar-refractivity contribution in [2.24, 2.45) is 47.3 Å². The Hall–Kier alpha value is -5.24. The molecule has 434 valence electrons. The van der Waals surface area contributed by atoms with Crippen molar-refractivity contribution in [3.05, 3.63) is 77.9 Å². The van der Waals surface area contributed by atoms with Gasteiger partial charge in [-0.3, -0.25) is 29.0 Å². The topological polar surface area (TPSA) is 273 Å². The minimum atomic E-state index is -1.43. The molecule has 4 heterocycles. The van der Waals surface area contributed by atoms with E-state index in [1.807, 2.05) is 52.8 Å². The van der Waals surface area contributed by atoms with Gasteiger partial charge in [0, 0.05) is 61.8 Å². The fraction of sp³-hybridized carbons (Fsp3) is 0.667. The molecule has 17 atom stereocenters. The summed E-state index contributed by atoms with van der Waals surface area (Å²) in [6, 6.07) is 2.90. The molecule has 18 heteroatoms. The van der Waals surface area contributed by atoms with Gasteiger partial charge in [0.25, 0.3) is 5.91 Å². The number of amides is 4.